The van der Waals surface area contributed by atoms with Gasteiger partial charge in [-0.3, -0.25) is 0 Å². The molecular formula is C17H25NO. The van der Waals surface area contributed by atoms with Gasteiger partial charge in [-0.05, 0) is 30.7 Å². The van der Waals surface area contributed by atoms with Gasteiger partial charge in [-0.15, -0.1) is 0 Å². The van der Waals surface area contributed by atoms with Crippen molar-refractivity contribution in [2.45, 2.75) is 45.1 Å². The van der Waals surface area contributed by atoms with Crippen LogP contribution in [0.5, 0.6) is 5.75 Å². The van der Waals surface area contributed by atoms with Crippen LogP contribution in [0.25, 0.3) is 0 Å². The lowest BCUT2D eigenvalue weighted by molar-refractivity contribution is 0.305. The van der Waals surface area contributed by atoms with Crippen molar-refractivity contribution < 1.29 is 4.74 Å². The van der Waals surface area contributed by atoms with Crippen LogP contribution in [0.2, 0.25) is 0 Å². The summed E-state index contributed by atoms with van der Waals surface area (Å²) in [5.74, 6) is 3.36. The van der Waals surface area contributed by atoms with E-state index in [9.17, 15) is 0 Å². The predicted octanol–water partition coefficient (Wildman–Crippen LogP) is 3.58. The quantitative estimate of drug-likeness (QED) is 0.892. The molecule has 1 fully saturated rings. The molecule has 2 nitrogen and oxygen atoms in total. The number of nitrogens with one attached hydrogen (secondary N) is 1. The highest BCUT2D eigenvalue weighted by atomic mass is 16.5. The number of ether oxygens (including phenoxy) is 1. The first-order valence-corrected chi connectivity index (χ1v) is 7.74. The second kappa shape index (κ2) is 5.54. The summed E-state index contributed by atoms with van der Waals surface area (Å²) in [6.07, 6.45) is 4.07. The summed E-state index contributed by atoms with van der Waals surface area (Å²) in [6, 6.07) is 9.17. The lowest BCUT2D eigenvalue weighted by atomic mass is 9.93. The molecule has 2 aliphatic rings. The molecule has 1 heterocycles. The second-order valence-corrected chi connectivity index (χ2v) is 6.17. The third-order valence-corrected chi connectivity index (χ3v) is 5.18. The minimum Gasteiger partial charge on any atom is -0.493 e. The molecule has 104 valence electrons. The Labute approximate surface area is 116 Å². The van der Waals surface area contributed by atoms with E-state index in [4.69, 9.17) is 4.74 Å². The summed E-state index contributed by atoms with van der Waals surface area (Å²) < 4.78 is 5.76. The monoisotopic (exact) mass is 259 g/mol. The molecule has 0 bridgehead atoms. The van der Waals surface area contributed by atoms with E-state index in [2.05, 4.69) is 43.4 Å². The Hall–Kier alpha value is -1.02. The van der Waals surface area contributed by atoms with Gasteiger partial charge in [0.2, 0.25) is 0 Å². The molecule has 1 aliphatic heterocycles. The Morgan fingerprint density at radius 1 is 1.26 bits per heavy atom. The fraction of sp³-hybridized carbons (Fsp3) is 0.647. The van der Waals surface area contributed by atoms with Crippen molar-refractivity contribution in [3.63, 3.8) is 0 Å². The van der Waals surface area contributed by atoms with Crippen LogP contribution in [0, 0.1) is 11.8 Å². The number of benzene rings is 1. The molecule has 0 aromatic heterocycles. The van der Waals surface area contributed by atoms with E-state index in [1.54, 1.807) is 0 Å². The number of fused-ring (bicyclic) bond motifs is 1. The average molecular weight is 259 g/mol. The first-order chi connectivity index (χ1) is 9.29. The standard InChI is InChI=1S/C17H25NO/c1-3-13-8-9-16(12(13)2)18-10-14-11-19-17-7-5-4-6-15(14)17/h4-7,12-14,16,18H,3,8-11H2,1-2H3. The summed E-state index contributed by atoms with van der Waals surface area (Å²) in [7, 11) is 0. The zero-order valence-corrected chi connectivity index (χ0v) is 12.1. The van der Waals surface area contributed by atoms with E-state index < -0.39 is 0 Å². The van der Waals surface area contributed by atoms with Crippen molar-refractivity contribution in [2.75, 3.05) is 13.2 Å². The Kier molecular flexibility index (Phi) is 3.79. The van der Waals surface area contributed by atoms with Gasteiger partial charge in [-0.2, -0.15) is 0 Å². The fourth-order valence-corrected chi connectivity index (χ4v) is 3.80. The van der Waals surface area contributed by atoms with Gasteiger partial charge in [0.25, 0.3) is 0 Å². The molecule has 1 aromatic carbocycles. The molecule has 1 N–H and O–H groups in total. The maximum absolute atomic E-state index is 5.76. The minimum atomic E-state index is 0.532. The summed E-state index contributed by atoms with van der Waals surface area (Å²) >= 11 is 0. The van der Waals surface area contributed by atoms with Crippen LogP contribution in [0.15, 0.2) is 24.3 Å². The minimum absolute atomic E-state index is 0.532. The average Bonchev–Trinajstić information content (AvgIpc) is 3.00. The van der Waals surface area contributed by atoms with Gasteiger partial charge < -0.3 is 10.1 Å². The van der Waals surface area contributed by atoms with Crippen LogP contribution in [-0.2, 0) is 0 Å². The van der Waals surface area contributed by atoms with E-state index in [0.29, 0.717) is 12.0 Å². The zero-order chi connectivity index (χ0) is 13.2. The van der Waals surface area contributed by atoms with Crippen LogP contribution in [-0.4, -0.2) is 19.2 Å². The van der Waals surface area contributed by atoms with Crippen LogP contribution in [0.1, 0.15) is 44.6 Å². The third-order valence-electron chi connectivity index (χ3n) is 5.18. The molecule has 1 aromatic rings. The molecule has 0 saturated heterocycles. The Balaban J connectivity index is 1.57. The predicted molar refractivity (Wildman–Crippen MR) is 78.6 cm³/mol. The van der Waals surface area contributed by atoms with E-state index in [-0.39, 0.29) is 0 Å². The smallest absolute Gasteiger partial charge is 0.122 e. The largest absolute Gasteiger partial charge is 0.493 e. The number of hydrogen-bond donors (Lipinski definition) is 1. The molecule has 1 aliphatic carbocycles. The van der Waals surface area contributed by atoms with E-state index in [1.807, 2.05) is 0 Å². The lowest BCUT2D eigenvalue weighted by Crippen LogP contribution is -2.36. The maximum atomic E-state index is 5.76. The first-order valence-electron chi connectivity index (χ1n) is 7.74. The van der Waals surface area contributed by atoms with Gasteiger partial charge in [0.1, 0.15) is 5.75 Å². The van der Waals surface area contributed by atoms with Gasteiger partial charge in [0.15, 0.2) is 0 Å². The number of rotatable bonds is 4. The third kappa shape index (κ3) is 2.51. The summed E-state index contributed by atoms with van der Waals surface area (Å²) in [4.78, 5) is 0. The van der Waals surface area contributed by atoms with Crippen molar-refractivity contribution in [1.82, 2.24) is 5.32 Å². The van der Waals surface area contributed by atoms with Crippen LogP contribution >= 0.6 is 0 Å². The Bertz CT molecular complexity index is 431. The molecule has 0 amide bonds. The fourth-order valence-electron chi connectivity index (χ4n) is 3.80. The van der Waals surface area contributed by atoms with Gasteiger partial charge >= 0.3 is 0 Å². The summed E-state index contributed by atoms with van der Waals surface area (Å²) in [6.45, 7) is 6.63. The Morgan fingerprint density at radius 3 is 2.89 bits per heavy atom. The zero-order valence-electron chi connectivity index (χ0n) is 12.1. The first kappa shape index (κ1) is 13.0. The molecule has 0 radical (unpaired) electrons. The van der Waals surface area contributed by atoms with Crippen molar-refractivity contribution in [3.8, 4) is 5.75 Å². The molecule has 2 heteroatoms. The van der Waals surface area contributed by atoms with E-state index in [1.165, 1.54) is 24.8 Å². The lowest BCUT2D eigenvalue weighted by Gasteiger charge is -2.22. The van der Waals surface area contributed by atoms with Crippen molar-refractivity contribution in [3.05, 3.63) is 29.8 Å². The highest BCUT2D eigenvalue weighted by molar-refractivity contribution is 5.39. The van der Waals surface area contributed by atoms with Gasteiger partial charge in [0, 0.05) is 24.1 Å². The highest BCUT2D eigenvalue weighted by Gasteiger charge is 2.32. The van der Waals surface area contributed by atoms with Crippen molar-refractivity contribution in [2.24, 2.45) is 11.8 Å². The summed E-state index contributed by atoms with van der Waals surface area (Å²) in [5, 5.41) is 3.80. The normalized spacial score (nSPS) is 33.2. The van der Waals surface area contributed by atoms with Crippen molar-refractivity contribution in [1.29, 1.82) is 0 Å². The van der Waals surface area contributed by atoms with E-state index in [0.717, 1.165) is 30.7 Å². The van der Waals surface area contributed by atoms with Crippen LogP contribution in [0.4, 0.5) is 0 Å². The number of para-hydroxylation sites is 1. The molecule has 4 atom stereocenters. The Morgan fingerprint density at radius 2 is 2.11 bits per heavy atom. The molecule has 19 heavy (non-hydrogen) atoms. The van der Waals surface area contributed by atoms with Gasteiger partial charge in [-0.1, -0.05) is 38.5 Å². The second-order valence-electron chi connectivity index (χ2n) is 6.17. The number of hydrogen-bond acceptors (Lipinski definition) is 2. The summed E-state index contributed by atoms with van der Waals surface area (Å²) in [5.41, 5.74) is 1.38. The van der Waals surface area contributed by atoms with Gasteiger partial charge in [-0.25, -0.2) is 0 Å². The molecule has 3 rings (SSSR count). The van der Waals surface area contributed by atoms with Gasteiger partial charge in [0.05, 0.1) is 6.61 Å². The topological polar surface area (TPSA) is 21.3 Å². The van der Waals surface area contributed by atoms with E-state index >= 15 is 0 Å². The SMILES string of the molecule is CCC1CCC(NCC2COc3ccccc32)C1C. The molecule has 0 spiro atoms. The molecule has 1 saturated carbocycles. The molecule has 4 unspecified atom stereocenters. The molecular weight excluding hydrogens is 234 g/mol. The van der Waals surface area contributed by atoms with Crippen molar-refractivity contribution >= 4 is 0 Å². The highest BCUT2D eigenvalue weighted by Crippen LogP contribution is 2.36. The van der Waals surface area contributed by atoms with Crippen LogP contribution < -0.4 is 10.1 Å². The maximum Gasteiger partial charge on any atom is 0.122 e. The van der Waals surface area contributed by atoms with Crippen LogP contribution in [0.3, 0.4) is 0 Å².